The molecule has 0 bridgehead atoms. The topological polar surface area (TPSA) is 29.5 Å². The molecular weight excluding hydrogens is 1770 g/mol. The summed E-state index contributed by atoms with van der Waals surface area (Å²) >= 11 is 5.66. The molecule has 2 aliphatic carbocycles. The molecule has 0 saturated carbocycles. The van der Waals surface area contributed by atoms with Crippen molar-refractivity contribution in [3.05, 3.63) is 520 Å². The monoisotopic (exact) mass is 1850 g/mol. The van der Waals surface area contributed by atoms with E-state index in [1.54, 1.807) is 0 Å². The molecule has 8 heteroatoms. The summed E-state index contributed by atoms with van der Waals surface area (Å²) in [5.74, 6) is 0. The Bertz CT molecular complexity index is 9810. The second kappa shape index (κ2) is 32.3. The van der Waals surface area contributed by atoms with Crippen LogP contribution in [0.5, 0.6) is 0 Å². The normalized spacial score (nSPS) is 12.5. The Kier molecular flexibility index (Phi) is 18.5. The van der Waals surface area contributed by atoms with Crippen LogP contribution in [0.15, 0.2) is 502 Å². The molecule has 22 aromatic carbocycles. The number of nitrogens with zero attached hydrogens (tertiary/aromatic N) is 4. The minimum atomic E-state index is -0.468. The van der Waals surface area contributed by atoms with Gasteiger partial charge in [0, 0.05) is 149 Å². The molecule has 0 saturated heterocycles. The van der Waals surface area contributed by atoms with Gasteiger partial charge in [0.05, 0.1) is 27.5 Å². The maximum Gasteiger partial charge on any atom is 0.135 e. The average Bonchev–Trinajstić information content (AvgIpc) is 1.50. The molecule has 6 heterocycles. The molecule has 2 aliphatic rings. The Balaban J connectivity index is 0.000000137. The number of thiophene rings is 3. The van der Waals surface area contributed by atoms with Gasteiger partial charge >= 0.3 is 0 Å². The van der Waals surface area contributed by atoms with Gasteiger partial charge in [0.15, 0.2) is 0 Å². The van der Waals surface area contributed by atoms with E-state index in [4.69, 9.17) is 4.42 Å². The number of fused-ring (bicyclic) bond motifs is 30. The Morgan fingerprint density at radius 1 is 0.191 bits per heavy atom. The van der Waals surface area contributed by atoms with Crippen molar-refractivity contribution in [2.75, 3.05) is 9.80 Å². The highest BCUT2D eigenvalue weighted by Crippen LogP contribution is 2.64. The molecule has 1 spiro atoms. The molecule has 0 amide bonds. The summed E-state index contributed by atoms with van der Waals surface area (Å²) in [6.07, 6.45) is 0. The Hall–Kier alpha value is -17.5. The zero-order valence-electron chi connectivity index (χ0n) is 76.3. The van der Waals surface area contributed by atoms with Gasteiger partial charge in [-0.1, -0.05) is 340 Å². The van der Waals surface area contributed by atoms with Crippen LogP contribution in [-0.4, -0.2) is 9.13 Å². The quantitative estimate of drug-likeness (QED) is 0.115. The third kappa shape index (κ3) is 12.7. The van der Waals surface area contributed by atoms with Crippen LogP contribution < -0.4 is 9.80 Å². The van der Waals surface area contributed by atoms with Crippen molar-refractivity contribution in [2.24, 2.45) is 0 Å². The summed E-state index contributed by atoms with van der Waals surface area (Å²) in [6.45, 7) is 0. The van der Waals surface area contributed by atoms with Gasteiger partial charge in [-0.25, -0.2) is 0 Å². The minimum absolute atomic E-state index is 0.468. The molecule has 658 valence electrons. The lowest BCUT2D eigenvalue weighted by molar-refractivity contribution is 0.669. The number of furan rings is 1. The number of anilines is 6. The lowest BCUT2D eigenvalue weighted by atomic mass is 9.70. The zero-order chi connectivity index (χ0) is 92.5. The average molecular weight is 1850 g/mol. The highest BCUT2D eigenvalue weighted by atomic mass is 32.1. The van der Waals surface area contributed by atoms with Gasteiger partial charge < -0.3 is 23.4 Å². The SMILES string of the molecule is c1ccc(-c2ccc(N(c3ccc(-c4ccccc4)cc3)c3cccc(-c4cc5c6ccccc6n(-c6ccc7oc8ccccc8c7c6)c5c5c4sc4ccccc45)c3)cc2)cc1.c1ccc(-c2ccc(N(c3cccc(-c4cc5c6ccccc6n(-c6ccc7sc8ccccc8c7c6)c5c5c4sc4ccccc45)c3)c3ccc4c(c3)C3(c5ccccc5-c5ccccc53)c3ccccc3-4)cc2)cc1. The summed E-state index contributed by atoms with van der Waals surface area (Å²) in [7, 11) is 0. The molecule has 0 fully saturated rings. The fraction of sp³-hybridized carbons (Fsp3) is 0.00752. The maximum atomic E-state index is 6.30. The summed E-state index contributed by atoms with van der Waals surface area (Å²) in [5, 5.41) is 14.9. The third-order valence-electron chi connectivity index (χ3n) is 29.6. The standard InChI is InChI=1S/C73H44N2S2.C60H38N2OS/c1-2-17-45(18-3-1)46-33-35-48(36-34-46)74(51-37-39-55-54-23-6-12-29-64(54)73(65(55)43-51)62-27-10-4-21-52(62)53-22-5-11-28-63(53)73)49-20-16-19-47(41-49)59-44-61-56-24-7-13-30-66(56)75(71(61)70-58-26-9-15-32-68(58)77-72(59)70)50-38-40-69-60(42-50)57-25-8-14-31-67(57)76-69;1-3-14-39(15-4-1)41-26-30-44(31-27-41)61(45-32-28-42(29-33-45)40-16-5-2-6-17-40)46-19-13-18-43(36-46)51-38-53-48-20-7-10-23-54(48)62(59(53)58-50-22-9-12-25-57(50)64-60(51)58)47-34-35-56-52(37-47)49-21-8-11-24-55(49)63-56/h1-44H;1-38H. The van der Waals surface area contributed by atoms with Crippen molar-refractivity contribution in [3.63, 3.8) is 0 Å². The van der Waals surface area contributed by atoms with Crippen molar-refractivity contribution in [3.8, 4) is 89.3 Å². The van der Waals surface area contributed by atoms with E-state index in [1.165, 1.54) is 210 Å². The van der Waals surface area contributed by atoms with E-state index in [-0.39, 0.29) is 0 Å². The molecule has 0 aliphatic heterocycles. The summed E-state index contributed by atoms with van der Waals surface area (Å²) in [6, 6.07) is 183. The largest absolute Gasteiger partial charge is 0.456 e. The van der Waals surface area contributed by atoms with E-state index in [0.29, 0.717) is 0 Å². The van der Waals surface area contributed by atoms with E-state index < -0.39 is 5.41 Å². The second-order valence-electron chi connectivity index (χ2n) is 37.1. The number of hydrogen-bond donors (Lipinski definition) is 0. The first kappa shape index (κ1) is 80.7. The maximum absolute atomic E-state index is 6.30. The van der Waals surface area contributed by atoms with E-state index in [2.05, 4.69) is 510 Å². The van der Waals surface area contributed by atoms with Crippen LogP contribution >= 0.6 is 34.0 Å². The highest BCUT2D eigenvalue weighted by molar-refractivity contribution is 7.27. The zero-order valence-corrected chi connectivity index (χ0v) is 78.7. The smallest absolute Gasteiger partial charge is 0.135 e. The summed E-state index contributed by atoms with van der Waals surface area (Å²) in [5.41, 5.74) is 37.6. The number of hydrogen-bond acceptors (Lipinski definition) is 6. The number of para-hydroxylation sites is 3. The van der Waals surface area contributed by atoms with Crippen molar-refractivity contribution in [2.45, 2.75) is 5.41 Å². The van der Waals surface area contributed by atoms with Crippen LogP contribution in [0.4, 0.5) is 34.1 Å². The van der Waals surface area contributed by atoms with Crippen molar-refractivity contribution >= 4 is 194 Å². The van der Waals surface area contributed by atoms with Crippen LogP contribution in [0.2, 0.25) is 0 Å². The molecule has 0 unspecified atom stereocenters. The number of rotatable bonds is 13. The van der Waals surface area contributed by atoms with Gasteiger partial charge in [-0.05, 0) is 247 Å². The fourth-order valence-electron chi connectivity index (χ4n) is 23.4. The fourth-order valence-corrected chi connectivity index (χ4v) is 27.0. The third-order valence-corrected chi connectivity index (χ3v) is 33.1. The van der Waals surface area contributed by atoms with E-state index in [9.17, 15) is 0 Å². The predicted octanol–water partition coefficient (Wildman–Crippen LogP) is 38.2. The van der Waals surface area contributed by atoms with Crippen molar-refractivity contribution in [1.29, 1.82) is 0 Å². The van der Waals surface area contributed by atoms with Gasteiger partial charge in [-0.3, -0.25) is 0 Å². The van der Waals surface area contributed by atoms with E-state index in [1.807, 2.05) is 40.1 Å². The predicted molar refractivity (Wildman–Crippen MR) is 600 cm³/mol. The Morgan fingerprint density at radius 2 is 0.539 bits per heavy atom. The van der Waals surface area contributed by atoms with Crippen LogP contribution in [0.3, 0.4) is 0 Å². The first-order valence-corrected chi connectivity index (χ1v) is 50.7. The Labute approximate surface area is 825 Å². The molecule has 6 aromatic heterocycles. The molecule has 30 rings (SSSR count). The van der Waals surface area contributed by atoms with Gasteiger partial charge in [0.25, 0.3) is 0 Å². The lowest BCUT2D eigenvalue weighted by Crippen LogP contribution is -2.26. The second-order valence-corrected chi connectivity index (χ2v) is 40.3. The molecule has 0 atom stereocenters. The van der Waals surface area contributed by atoms with Crippen molar-refractivity contribution < 1.29 is 4.42 Å². The van der Waals surface area contributed by atoms with E-state index >= 15 is 0 Å². The van der Waals surface area contributed by atoms with Crippen LogP contribution in [0.25, 0.3) is 215 Å². The van der Waals surface area contributed by atoms with Crippen molar-refractivity contribution in [1.82, 2.24) is 9.13 Å². The molecule has 0 radical (unpaired) electrons. The minimum Gasteiger partial charge on any atom is -0.456 e. The lowest BCUT2D eigenvalue weighted by Gasteiger charge is -2.32. The molecular formula is C133H82N4OS3. The Morgan fingerprint density at radius 3 is 1.03 bits per heavy atom. The highest BCUT2D eigenvalue weighted by Gasteiger charge is 2.52. The first-order chi connectivity index (χ1) is 69.9. The number of aromatic nitrogens is 2. The van der Waals surface area contributed by atoms with Crippen LogP contribution in [-0.2, 0) is 5.41 Å². The van der Waals surface area contributed by atoms with Gasteiger partial charge in [-0.15, -0.1) is 34.0 Å². The molecule has 141 heavy (non-hydrogen) atoms. The summed E-state index contributed by atoms with van der Waals surface area (Å²) < 4.78 is 19.1. The summed E-state index contributed by atoms with van der Waals surface area (Å²) in [4.78, 5) is 4.87. The van der Waals surface area contributed by atoms with E-state index in [0.717, 1.165) is 61.8 Å². The van der Waals surface area contributed by atoms with Crippen LogP contribution in [0, 0.1) is 0 Å². The van der Waals surface area contributed by atoms with Gasteiger partial charge in [0.1, 0.15) is 11.2 Å². The van der Waals surface area contributed by atoms with Gasteiger partial charge in [-0.2, -0.15) is 0 Å². The molecule has 5 nitrogen and oxygen atoms in total. The number of benzene rings is 22. The molecule has 28 aromatic rings. The molecule has 0 N–H and O–H groups in total. The first-order valence-electron chi connectivity index (χ1n) is 48.2. The van der Waals surface area contributed by atoms with Gasteiger partial charge in [0.2, 0.25) is 0 Å². The van der Waals surface area contributed by atoms with Crippen LogP contribution in [0.1, 0.15) is 22.3 Å².